The minimum Gasteiger partial charge on any atom is -0.495 e. The number of halogens is 1. The van der Waals surface area contributed by atoms with Crippen LogP contribution in [0.1, 0.15) is 6.42 Å². The minimum absolute atomic E-state index is 0.104. The van der Waals surface area contributed by atoms with Crippen LogP contribution in [0.15, 0.2) is 30.3 Å². The zero-order valence-electron chi connectivity index (χ0n) is 16.6. The van der Waals surface area contributed by atoms with Crippen LogP contribution in [-0.4, -0.2) is 45.8 Å². The number of rotatable bonds is 5. The number of nitrogens with zero attached hydrogens (tertiary/aromatic N) is 1. The van der Waals surface area contributed by atoms with Crippen LogP contribution < -0.4 is 29.2 Å². The van der Waals surface area contributed by atoms with Crippen molar-refractivity contribution in [3.8, 4) is 23.0 Å². The Bertz CT molecular complexity index is 996. The largest absolute Gasteiger partial charge is 0.495 e. The van der Waals surface area contributed by atoms with E-state index in [2.05, 4.69) is 5.32 Å². The molecule has 4 rings (SSSR count). The third-order valence-electron chi connectivity index (χ3n) is 5.07. The molecular weight excluding hydrogens is 412 g/mol. The minimum atomic E-state index is -0.517. The second kappa shape index (κ2) is 8.31. The van der Waals surface area contributed by atoms with E-state index in [-0.39, 0.29) is 24.8 Å². The van der Waals surface area contributed by atoms with Gasteiger partial charge in [-0.25, -0.2) is 0 Å². The van der Waals surface area contributed by atoms with Gasteiger partial charge in [0.05, 0.1) is 30.8 Å². The Labute approximate surface area is 178 Å². The maximum atomic E-state index is 12.9. The number of hydrogen-bond donors (Lipinski definition) is 1. The van der Waals surface area contributed by atoms with E-state index in [9.17, 15) is 9.59 Å². The summed E-state index contributed by atoms with van der Waals surface area (Å²) in [5, 5.41) is 3.19. The molecule has 2 heterocycles. The quantitative estimate of drug-likeness (QED) is 0.781. The average molecular weight is 433 g/mol. The fourth-order valence-electron chi connectivity index (χ4n) is 3.53. The fraction of sp³-hybridized carbons (Fsp3) is 0.333. The van der Waals surface area contributed by atoms with Crippen molar-refractivity contribution in [1.82, 2.24) is 0 Å². The summed E-state index contributed by atoms with van der Waals surface area (Å²) in [6, 6.07) is 8.49. The molecule has 9 heteroatoms. The monoisotopic (exact) mass is 432 g/mol. The molecule has 2 aromatic rings. The summed E-state index contributed by atoms with van der Waals surface area (Å²) >= 11 is 6.11. The van der Waals surface area contributed by atoms with Crippen LogP contribution in [0.3, 0.4) is 0 Å². The Morgan fingerprint density at radius 2 is 1.83 bits per heavy atom. The lowest BCUT2D eigenvalue weighted by atomic mass is 10.1. The maximum absolute atomic E-state index is 12.9. The van der Waals surface area contributed by atoms with Gasteiger partial charge in [0.25, 0.3) is 0 Å². The highest BCUT2D eigenvalue weighted by molar-refractivity contribution is 6.32. The molecule has 1 N–H and O–H groups in total. The second-order valence-corrected chi connectivity index (χ2v) is 7.32. The van der Waals surface area contributed by atoms with Crippen molar-refractivity contribution in [2.75, 3.05) is 44.2 Å². The molecule has 2 aromatic carbocycles. The van der Waals surface area contributed by atoms with Gasteiger partial charge in [0.2, 0.25) is 11.8 Å². The predicted octanol–water partition coefficient (Wildman–Crippen LogP) is 3.12. The van der Waals surface area contributed by atoms with Gasteiger partial charge in [-0.05, 0) is 12.1 Å². The Morgan fingerprint density at radius 3 is 2.57 bits per heavy atom. The zero-order valence-corrected chi connectivity index (χ0v) is 17.3. The zero-order chi connectivity index (χ0) is 21.3. The summed E-state index contributed by atoms with van der Waals surface area (Å²) in [5.41, 5.74) is 1.10. The van der Waals surface area contributed by atoms with E-state index in [1.165, 1.54) is 14.2 Å². The number of hydrogen-bond acceptors (Lipinski definition) is 6. The smallest absolute Gasteiger partial charge is 0.229 e. The van der Waals surface area contributed by atoms with Gasteiger partial charge in [-0.2, -0.15) is 0 Å². The van der Waals surface area contributed by atoms with E-state index >= 15 is 0 Å². The predicted molar refractivity (Wildman–Crippen MR) is 111 cm³/mol. The normalized spacial score (nSPS) is 17.6. The molecule has 1 saturated heterocycles. The van der Waals surface area contributed by atoms with Crippen molar-refractivity contribution in [3.05, 3.63) is 35.4 Å². The highest BCUT2D eigenvalue weighted by Crippen LogP contribution is 2.38. The van der Waals surface area contributed by atoms with E-state index in [1.807, 2.05) is 0 Å². The van der Waals surface area contributed by atoms with E-state index < -0.39 is 5.92 Å². The van der Waals surface area contributed by atoms with Gasteiger partial charge in [0.15, 0.2) is 11.5 Å². The summed E-state index contributed by atoms with van der Waals surface area (Å²) in [5.74, 6) is 1.12. The fourth-order valence-corrected chi connectivity index (χ4v) is 3.76. The number of fused-ring (bicyclic) bond motifs is 1. The molecular formula is C21H21ClN2O6. The molecule has 0 radical (unpaired) electrons. The first-order valence-electron chi connectivity index (χ1n) is 9.42. The Morgan fingerprint density at radius 1 is 1.10 bits per heavy atom. The number of nitrogens with one attached hydrogen (secondary N) is 1. The summed E-state index contributed by atoms with van der Waals surface area (Å²) < 4.78 is 21.6. The molecule has 0 bridgehead atoms. The first kappa shape index (κ1) is 20.2. The Hall–Kier alpha value is -3.13. The number of benzene rings is 2. The molecule has 30 heavy (non-hydrogen) atoms. The van der Waals surface area contributed by atoms with E-state index in [0.717, 1.165) is 0 Å². The van der Waals surface area contributed by atoms with Crippen LogP contribution in [0, 0.1) is 5.92 Å². The van der Waals surface area contributed by atoms with Crippen LogP contribution in [0.25, 0.3) is 0 Å². The molecule has 2 aliphatic rings. The summed E-state index contributed by atoms with van der Waals surface area (Å²) in [4.78, 5) is 27.0. The van der Waals surface area contributed by atoms with Crippen LogP contribution >= 0.6 is 11.6 Å². The molecule has 1 fully saturated rings. The van der Waals surface area contributed by atoms with Gasteiger partial charge in [0.1, 0.15) is 24.7 Å². The van der Waals surface area contributed by atoms with Gasteiger partial charge in [-0.3, -0.25) is 9.59 Å². The average Bonchev–Trinajstić information content (AvgIpc) is 3.16. The van der Waals surface area contributed by atoms with Crippen LogP contribution in [0.2, 0.25) is 5.02 Å². The van der Waals surface area contributed by atoms with E-state index in [0.29, 0.717) is 52.6 Å². The van der Waals surface area contributed by atoms with Crippen molar-refractivity contribution in [2.45, 2.75) is 6.42 Å². The number of ether oxygens (including phenoxy) is 4. The third kappa shape index (κ3) is 3.82. The van der Waals surface area contributed by atoms with Gasteiger partial charge in [0, 0.05) is 36.9 Å². The van der Waals surface area contributed by atoms with Crippen molar-refractivity contribution in [1.29, 1.82) is 0 Å². The topological polar surface area (TPSA) is 86.3 Å². The second-order valence-electron chi connectivity index (χ2n) is 6.91. The first-order chi connectivity index (χ1) is 14.5. The number of anilines is 2. The first-order valence-corrected chi connectivity index (χ1v) is 9.80. The molecule has 0 aromatic heterocycles. The third-order valence-corrected chi connectivity index (χ3v) is 5.36. The molecule has 2 amide bonds. The SMILES string of the molecule is COc1cc(NC(=O)[C@@H]2CC(=O)N(c3ccc4c(c3)OCCO4)C2)c(OC)cc1Cl. The van der Waals surface area contributed by atoms with E-state index in [1.54, 1.807) is 35.2 Å². The number of methoxy groups -OCH3 is 2. The highest BCUT2D eigenvalue weighted by Gasteiger charge is 2.36. The number of carbonyl (C=O) groups excluding carboxylic acids is 2. The lowest BCUT2D eigenvalue weighted by molar-refractivity contribution is -0.122. The lowest BCUT2D eigenvalue weighted by Crippen LogP contribution is -2.28. The highest BCUT2D eigenvalue weighted by atomic mass is 35.5. The van der Waals surface area contributed by atoms with Crippen molar-refractivity contribution in [2.24, 2.45) is 5.92 Å². The summed E-state index contributed by atoms with van der Waals surface area (Å²) in [6.07, 6.45) is 0.104. The molecule has 8 nitrogen and oxygen atoms in total. The molecule has 1 atom stereocenters. The summed E-state index contributed by atoms with van der Waals surface area (Å²) in [7, 11) is 2.97. The molecule has 158 valence electrons. The standard InChI is InChI=1S/C21H21ClN2O6/c1-27-17-10-15(18(28-2)9-14(17)22)23-21(26)12-7-20(25)24(11-12)13-3-4-16-19(8-13)30-6-5-29-16/h3-4,8-10,12H,5-7,11H2,1-2H3,(H,23,26)/t12-/m1/s1. The van der Waals surface area contributed by atoms with Crippen molar-refractivity contribution < 1.29 is 28.5 Å². The van der Waals surface area contributed by atoms with Gasteiger partial charge in [-0.15, -0.1) is 0 Å². The number of carbonyl (C=O) groups is 2. The van der Waals surface area contributed by atoms with E-state index in [4.69, 9.17) is 30.5 Å². The molecule has 0 unspecified atom stereocenters. The van der Waals surface area contributed by atoms with Gasteiger partial charge >= 0.3 is 0 Å². The van der Waals surface area contributed by atoms with Crippen molar-refractivity contribution in [3.63, 3.8) is 0 Å². The summed E-state index contributed by atoms with van der Waals surface area (Å²) in [6.45, 7) is 1.22. The molecule has 0 spiro atoms. The maximum Gasteiger partial charge on any atom is 0.229 e. The van der Waals surface area contributed by atoms with Crippen LogP contribution in [0.4, 0.5) is 11.4 Å². The van der Waals surface area contributed by atoms with Crippen LogP contribution in [0.5, 0.6) is 23.0 Å². The van der Waals surface area contributed by atoms with Gasteiger partial charge in [-0.1, -0.05) is 11.6 Å². The van der Waals surface area contributed by atoms with Crippen molar-refractivity contribution >= 4 is 34.8 Å². The van der Waals surface area contributed by atoms with Crippen LogP contribution in [-0.2, 0) is 9.59 Å². The molecule has 0 saturated carbocycles. The number of amides is 2. The Kier molecular flexibility index (Phi) is 5.59. The Balaban J connectivity index is 1.50. The molecule has 0 aliphatic carbocycles. The lowest BCUT2D eigenvalue weighted by Gasteiger charge is -2.22. The van der Waals surface area contributed by atoms with Gasteiger partial charge < -0.3 is 29.2 Å². The molecule has 2 aliphatic heterocycles.